The average Bonchev–Trinajstić information content (AvgIpc) is 2.29. The molecule has 0 heterocycles. The molecule has 1 aromatic carbocycles. The molecule has 0 aliphatic carbocycles. The summed E-state index contributed by atoms with van der Waals surface area (Å²) < 4.78 is 4.54. The van der Waals surface area contributed by atoms with Gasteiger partial charge < -0.3 is 10.1 Å². The summed E-state index contributed by atoms with van der Waals surface area (Å²) in [5.41, 5.74) is 2.24. The molecule has 0 spiro atoms. The molecule has 0 aliphatic rings. The standard InChI is InChI=1S/C12H14ClNO2/c1-8-4-5-10(6-11(8)13)14-7-9(2)12(15)16-3/h4-6,14H,2,7H2,1,3H3. The van der Waals surface area contributed by atoms with Crippen LogP contribution >= 0.6 is 11.6 Å². The quantitative estimate of drug-likeness (QED) is 0.649. The molecule has 0 saturated carbocycles. The van der Waals surface area contributed by atoms with Crippen LogP contribution < -0.4 is 5.32 Å². The molecule has 16 heavy (non-hydrogen) atoms. The smallest absolute Gasteiger partial charge is 0.334 e. The molecule has 86 valence electrons. The normalized spacial score (nSPS) is 9.69. The van der Waals surface area contributed by atoms with Crippen molar-refractivity contribution in [3.8, 4) is 0 Å². The summed E-state index contributed by atoms with van der Waals surface area (Å²) in [4.78, 5) is 11.1. The topological polar surface area (TPSA) is 38.3 Å². The lowest BCUT2D eigenvalue weighted by Crippen LogP contribution is -2.13. The van der Waals surface area contributed by atoms with E-state index < -0.39 is 5.97 Å². The van der Waals surface area contributed by atoms with Crippen LogP contribution in [0.1, 0.15) is 5.56 Å². The lowest BCUT2D eigenvalue weighted by molar-refractivity contribution is -0.136. The fourth-order valence-corrected chi connectivity index (χ4v) is 1.31. The van der Waals surface area contributed by atoms with Crippen molar-refractivity contribution in [2.24, 2.45) is 0 Å². The van der Waals surface area contributed by atoms with Gasteiger partial charge in [-0.05, 0) is 24.6 Å². The van der Waals surface area contributed by atoms with E-state index in [0.717, 1.165) is 11.3 Å². The van der Waals surface area contributed by atoms with Crippen molar-refractivity contribution in [1.29, 1.82) is 0 Å². The SMILES string of the molecule is C=C(CNc1ccc(C)c(Cl)c1)C(=O)OC. The van der Waals surface area contributed by atoms with Crippen molar-refractivity contribution in [2.45, 2.75) is 6.92 Å². The number of benzene rings is 1. The summed E-state index contributed by atoms with van der Waals surface area (Å²) in [5.74, 6) is -0.411. The molecule has 0 aromatic heterocycles. The highest BCUT2D eigenvalue weighted by atomic mass is 35.5. The summed E-state index contributed by atoms with van der Waals surface area (Å²) in [7, 11) is 1.33. The fourth-order valence-electron chi connectivity index (χ4n) is 1.13. The van der Waals surface area contributed by atoms with E-state index in [1.165, 1.54) is 7.11 Å². The Morgan fingerprint density at radius 1 is 1.56 bits per heavy atom. The molecular weight excluding hydrogens is 226 g/mol. The maximum Gasteiger partial charge on any atom is 0.334 e. The Bertz CT molecular complexity index is 415. The van der Waals surface area contributed by atoms with Gasteiger partial charge >= 0.3 is 5.97 Å². The van der Waals surface area contributed by atoms with Gasteiger partial charge in [0.05, 0.1) is 7.11 Å². The zero-order valence-electron chi connectivity index (χ0n) is 9.34. The van der Waals surface area contributed by atoms with Crippen molar-refractivity contribution in [2.75, 3.05) is 19.0 Å². The van der Waals surface area contributed by atoms with Crippen LogP contribution in [0, 0.1) is 6.92 Å². The lowest BCUT2D eigenvalue weighted by Gasteiger charge is -2.08. The summed E-state index contributed by atoms with van der Waals surface area (Å²) in [6.45, 7) is 5.88. The van der Waals surface area contributed by atoms with E-state index in [-0.39, 0.29) is 0 Å². The van der Waals surface area contributed by atoms with Crippen molar-refractivity contribution >= 4 is 23.3 Å². The van der Waals surface area contributed by atoms with Gasteiger partial charge in [-0.2, -0.15) is 0 Å². The number of halogens is 1. The van der Waals surface area contributed by atoms with Crippen LogP contribution in [0.5, 0.6) is 0 Å². The van der Waals surface area contributed by atoms with E-state index in [4.69, 9.17) is 11.6 Å². The Labute approximate surface area is 100 Å². The van der Waals surface area contributed by atoms with Gasteiger partial charge in [-0.3, -0.25) is 0 Å². The van der Waals surface area contributed by atoms with Crippen molar-refractivity contribution in [1.82, 2.24) is 0 Å². The third-order valence-corrected chi connectivity index (χ3v) is 2.56. The minimum atomic E-state index is -0.411. The monoisotopic (exact) mass is 239 g/mol. The van der Waals surface area contributed by atoms with Crippen LogP contribution in [-0.2, 0) is 9.53 Å². The van der Waals surface area contributed by atoms with Crippen molar-refractivity contribution in [3.05, 3.63) is 40.9 Å². The second-order valence-electron chi connectivity index (χ2n) is 3.41. The molecule has 0 saturated heterocycles. The van der Waals surface area contributed by atoms with Gasteiger partial charge in [0.15, 0.2) is 0 Å². The number of esters is 1. The third-order valence-electron chi connectivity index (χ3n) is 2.15. The maximum atomic E-state index is 11.1. The van der Waals surface area contributed by atoms with Crippen LogP contribution in [0.25, 0.3) is 0 Å². The molecule has 0 atom stereocenters. The number of nitrogens with one attached hydrogen (secondary N) is 1. The Balaban J connectivity index is 2.58. The number of hydrogen-bond acceptors (Lipinski definition) is 3. The number of ether oxygens (including phenoxy) is 1. The van der Waals surface area contributed by atoms with Crippen molar-refractivity contribution < 1.29 is 9.53 Å². The minimum absolute atomic E-state index is 0.339. The van der Waals surface area contributed by atoms with Crippen molar-refractivity contribution in [3.63, 3.8) is 0 Å². The Morgan fingerprint density at radius 2 is 2.25 bits per heavy atom. The first-order valence-electron chi connectivity index (χ1n) is 4.80. The Hall–Kier alpha value is -1.48. The molecule has 1 aromatic rings. The van der Waals surface area contributed by atoms with Crippen LogP contribution in [0.15, 0.2) is 30.4 Å². The molecule has 1 N–H and O–H groups in total. The van der Waals surface area contributed by atoms with E-state index in [1.54, 1.807) is 6.07 Å². The molecule has 3 nitrogen and oxygen atoms in total. The van der Waals surface area contributed by atoms with Gasteiger partial charge in [0.2, 0.25) is 0 Å². The van der Waals surface area contributed by atoms with E-state index in [9.17, 15) is 4.79 Å². The number of anilines is 1. The largest absolute Gasteiger partial charge is 0.466 e. The zero-order chi connectivity index (χ0) is 12.1. The summed E-state index contributed by atoms with van der Waals surface area (Å²) >= 11 is 5.96. The van der Waals surface area contributed by atoms with Gasteiger partial charge in [-0.25, -0.2) is 4.79 Å². The van der Waals surface area contributed by atoms with Crippen LogP contribution in [0.4, 0.5) is 5.69 Å². The number of aryl methyl sites for hydroxylation is 1. The Morgan fingerprint density at radius 3 is 2.81 bits per heavy atom. The number of rotatable bonds is 4. The fraction of sp³-hybridized carbons (Fsp3) is 0.250. The van der Waals surface area contributed by atoms with Gasteiger partial charge in [-0.1, -0.05) is 24.2 Å². The number of carbonyl (C=O) groups excluding carboxylic acids is 1. The molecule has 0 bridgehead atoms. The summed E-state index contributed by atoms with van der Waals surface area (Å²) in [5, 5.41) is 3.73. The Kier molecular flexibility index (Phi) is 4.38. The van der Waals surface area contributed by atoms with Gasteiger partial charge in [0.25, 0.3) is 0 Å². The second kappa shape index (κ2) is 5.56. The van der Waals surface area contributed by atoms with Gasteiger partial charge in [0.1, 0.15) is 0 Å². The van der Waals surface area contributed by atoms with E-state index >= 15 is 0 Å². The third kappa shape index (κ3) is 3.28. The van der Waals surface area contributed by atoms with Gasteiger partial charge in [-0.15, -0.1) is 0 Å². The molecule has 0 amide bonds. The second-order valence-corrected chi connectivity index (χ2v) is 3.82. The molecule has 0 radical (unpaired) electrons. The van der Waals surface area contributed by atoms with E-state index in [1.807, 2.05) is 19.1 Å². The highest BCUT2D eigenvalue weighted by Crippen LogP contribution is 2.19. The predicted molar refractivity (Wildman–Crippen MR) is 65.8 cm³/mol. The first-order valence-corrected chi connectivity index (χ1v) is 5.18. The zero-order valence-corrected chi connectivity index (χ0v) is 10.1. The highest BCUT2D eigenvalue weighted by molar-refractivity contribution is 6.31. The highest BCUT2D eigenvalue weighted by Gasteiger charge is 2.06. The van der Waals surface area contributed by atoms with E-state index in [0.29, 0.717) is 17.1 Å². The predicted octanol–water partition coefficient (Wildman–Crippen LogP) is 2.79. The molecule has 1 rings (SSSR count). The summed E-state index contributed by atoms with van der Waals surface area (Å²) in [6.07, 6.45) is 0. The molecule has 4 heteroatoms. The molecule has 0 unspecified atom stereocenters. The van der Waals surface area contributed by atoms with Crippen LogP contribution in [0.3, 0.4) is 0 Å². The van der Waals surface area contributed by atoms with Gasteiger partial charge in [0, 0.05) is 22.8 Å². The number of hydrogen-bond donors (Lipinski definition) is 1. The molecule has 0 fully saturated rings. The number of carbonyl (C=O) groups is 1. The maximum absolute atomic E-state index is 11.1. The molecular formula is C12H14ClNO2. The molecule has 0 aliphatic heterocycles. The minimum Gasteiger partial charge on any atom is -0.466 e. The first kappa shape index (κ1) is 12.6. The average molecular weight is 240 g/mol. The van der Waals surface area contributed by atoms with Crippen LogP contribution in [-0.4, -0.2) is 19.6 Å². The first-order chi connectivity index (χ1) is 7.54. The number of methoxy groups -OCH3 is 1. The van der Waals surface area contributed by atoms with Crippen LogP contribution in [0.2, 0.25) is 5.02 Å². The van der Waals surface area contributed by atoms with E-state index in [2.05, 4.69) is 16.6 Å². The lowest BCUT2D eigenvalue weighted by atomic mass is 10.2. The summed E-state index contributed by atoms with van der Waals surface area (Å²) in [6, 6.07) is 5.61.